The van der Waals surface area contributed by atoms with Gasteiger partial charge in [-0.25, -0.2) is 13.2 Å². The van der Waals surface area contributed by atoms with Gasteiger partial charge >= 0.3 is 5.97 Å². The molecule has 34 heavy (non-hydrogen) atoms. The number of carbonyl (C=O) groups is 2. The van der Waals surface area contributed by atoms with Gasteiger partial charge in [0.05, 0.1) is 13.2 Å². The number of alkyl halides is 2. The summed E-state index contributed by atoms with van der Waals surface area (Å²) in [6.07, 6.45) is -3.84. The molecule has 9 heteroatoms. The fourth-order valence-corrected chi connectivity index (χ4v) is 8.55. The topological polar surface area (TPSA) is 72.8 Å². The number of carbonyl (C=O) groups excluding carboxylic acids is 2. The molecule has 0 amide bonds. The number of rotatable bonds is 3. The first-order valence-electron chi connectivity index (χ1n) is 12.0. The summed E-state index contributed by atoms with van der Waals surface area (Å²) in [5.41, 5.74) is -6.91. The van der Waals surface area contributed by atoms with Gasteiger partial charge in [0, 0.05) is 41.1 Å². The highest BCUT2D eigenvalue weighted by molar-refractivity contribution is 7.80. The first-order chi connectivity index (χ1) is 15.8. The standard InChI is InChI=1S/C25H33F3O5S/c1-6-18(31)33-25(21(34)32-5)12(2)9-13-14-10-15(26)19-20(27)16(29)7-8-22(19,3)24(14,28)17(30)11-23(13,25)4/h12-15,17,30H,6-11H2,1-5H3/t12-,13+,14+,15+,17+,22+,23+,24+,25+/m1/s1. The number of fused-ring (bicyclic) bond motifs is 5. The average molecular weight is 503 g/mol. The summed E-state index contributed by atoms with van der Waals surface area (Å²) in [4.78, 5) is 24.5. The molecule has 4 aliphatic carbocycles. The molecule has 0 aromatic heterocycles. The monoisotopic (exact) mass is 502 g/mol. The van der Waals surface area contributed by atoms with E-state index < -0.39 is 69.4 Å². The molecule has 0 bridgehead atoms. The number of thiocarbonyl (C=S) groups is 1. The molecule has 0 aliphatic heterocycles. The maximum Gasteiger partial charge on any atom is 0.306 e. The third kappa shape index (κ3) is 2.85. The number of ketones is 1. The third-order valence-corrected chi connectivity index (χ3v) is 10.2. The Bertz CT molecular complexity index is 970. The van der Waals surface area contributed by atoms with Gasteiger partial charge < -0.3 is 14.6 Å². The van der Waals surface area contributed by atoms with Gasteiger partial charge in [-0.3, -0.25) is 9.59 Å². The summed E-state index contributed by atoms with van der Waals surface area (Å²) in [5.74, 6) is -4.42. The normalized spacial score (nSPS) is 48.0. The Balaban J connectivity index is 1.89. The fourth-order valence-electron chi connectivity index (χ4n) is 8.08. The summed E-state index contributed by atoms with van der Waals surface area (Å²) < 4.78 is 59.2. The lowest BCUT2D eigenvalue weighted by Crippen LogP contribution is -2.71. The average Bonchev–Trinajstić information content (AvgIpc) is 3.00. The van der Waals surface area contributed by atoms with Gasteiger partial charge in [-0.2, -0.15) is 0 Å². The van der Waals surface area contributed by atoms with Crippen molar-refractivity contribution in [2.75, 3.05) is 7.11 Å². The Hall–Kier alpha value is -1.48. The molecule has 0 radical (unpaired) electrons. The molecule has 4 aliphatic rings. The van der Waals surface area contributed by atoms with Crippen molar-refractivity contribution in [2.45, 2.75) is 89.8 Å². The molecule has 0 aromatic rings. The molecule has 4 rings (SSSR count). The molecule has 5 nitrogen and oxygen atoms in total. The summed E-state index contributed by atoms with van der Waals surface area (Å²) in [7, 11) is 1.38. The van der Waals surface area contributed by atoms with Gasteiger partial charge in [-0.1, -0.05) is 27.7 Å². The second-order valence-electron chi connectivity index (χ2n) is 11.0. The number of aliphatic hydroxyl groups excluding tert-OH is 1. The number of esters is 1. The lowest BCUT2D eigenvalue weighted by Gasteiger charge is -2.64. The van der Waals surface area contributed by atoms with Crippen LogP contribution < -0.4 is 0 Å². The van der Waals surface area contributed by atoms with Crippen molar-refractivity contribution in [1.29, 1.82) is 0 Å². The lowest BCUT2D eigenvalue weighted by molar-refractivity contribution is -0.232. The van der Waals surface area contributed by atoms with E-state index in [0.717, 1.165) is 0 Å². The molecule has 0 unspecified atom stereocenters. The van der Waals surface area contributed by atoms with Crippen molar-refractivity contribution >= 4 is 29.0 Å². The molecule has 3 fully saturated rings. The van der Waals surface area contributed by atoms with Crippen LogP contribution in [0.25, 0.3) is 0 Å². The highest BCUT2D eigenvalue weighted by Crippen LogP contribution is 2.72. The minimum atomic E-state index is -2.35. The van der Waals surface area contributed by atoms with E-state index in [9.17, 15) is 19.1 Å². The first kappa shape index (κ1) is 25.6. The zero-order valence-corrected chi connectivity index (χ0v) is 21.1. The van der Waals surface area contributed by atoms with E-state index in [0.29, 0.717) is 6.42 Å². The second kappa shape index (κ2) is 8.02. The van der Waals surface area contributed by atoms with Crippen molar-refractivity contribution in [3.63, 3.8) is 0 Å². The SMILES string of the molecule is CCC(=O)O[C@]1(C(=S)OC)[C@H](C)C[C@H]2[C@@H]3C[C@H](F)C4=C(F)C(=O)CC[C@]4(C)[C@@]3(F)[C@@H](O)C[C@@]21C. The van der Waals surface area contributed by atoms with Crippen LogP contribution in [-0.2, 0) is 19.1 Å². The number of methoxy groups -OCH3 is 1. The van der Waals surface area contributed by atoms with Crippen molar-refractivity contribution in [1.82, 2.24) is 0 Å². The summed E-state index contributed by atoms with van der Waals surface area (Å²) in [6, 6.07) is 0. The fraction of sp³-hybridized carbons (Fsp3) is 0.800. The van der Waals surface area contributed by atoms with Gasteiger partial charge in [-0.15, -0.1) is 0 Å². The maximum absolute atomic E-state index is 17.3. The summed E-state index contributed by atoms with van der Waals surface area (Å²) >= 11 is 5.55. The van der Waals surface area contributed by atoms with Crippen LogP contribution in [0.3, 0.4) is 0 Å². The Morgan fingerprint density at radius 2 is 1.91 bits per heavy atom. The quantitative estimate of drug-likeness (QED) is 0.444. The highest BCUT2D eigenvalue weighted by atomic mass is 32.1. The van der Waals surface area contributed by atoms with Gasteiger partial charge in [-0.05, 0) is 43.8 Å². The van der Waals surface area contributed by atoms with Crippen LogP contribution in [0.5, 0.6) is 0 Å². The van der Waals surface area contributed by atoms with Gasteiger partial charge in [0.25, 0.3) is 0 Å². The molecular formula is C25H33F3O5S. The number of aliphatic hydroxyl groups is 1. The number of hydrogen-bond donors (Lipinski definition) is 1. The minimum Gasteiger partial charge on any atom is -0.487 e. The highest BCUT2D eigenvalue weighted by Gasteiger charge is 2.78. The van der Waals surface area contributed by atoms with E-state index in [-0.39, 0.29) is 43.1 Å². The maximum atomic E-state index is 17.3. The largest absolute Gasteiger partial charge is 0.487 e. The number of allylic oxidation sites excluding steroid dienone is 1. The first-order valence-corrected chi connectivity index (χ1v) is 12.4. The van der Waals surface area contributed by atoms with Crippen LogP contribution in [0.1, 0.15) is 66.2 Å². The zero-order chi connectivity index (χ0) is 25.4. The molecule has 3 saturated carbocycles. The predicted molar refractivity (Wildman–Crippen MR) is 122 cm³/mol. The van der Waals surface area contributed by atoms with E-state index >= 15 is 8.78 Å². The van der Waals surface area contributed by atoms with Crippen molar-refractivity contribution in [2.24, 2.45) is 28.6 Å². The zero-order valence-electron chi connectivity index (χ0n) is 20.3. The molecule has 0 spiro atoms. The Kier molecular flexibility index (Phi) is 6.04. The molecule has 190 valence electrons. The molecule has 1 N–H and O–H groups in total. The number of Topliss-reactive ketones (excluding diaryl/α,β-unsaturated/α-hetero) is 1. The summed E-state index contributed by atoms with van der Waals surface area (Å²) in [6.45, 7) is 6.72. The van der Waals surface area contributed by atoms with Crippen LogP contribution in [0, 0.1) is 28.6 Å². The Morgan fingerprint density at radius 3 is 2.50 bits per heavy atom. The Morgan fingerprint density at radius 1 is 1.26 bits per heavy atom. The van der Waals surface area contributed by atoms with E-state index in [2.05, 4.69) is 0 Å². The van der Waals surface area contributed by atoms with Crippen molar-refractivity contribution in [3.8, 4) is 0 Å². The predicted octanol–water partition coefficient (Wildman–Crippen LogP) is 4.74. The van der Waals surface area contributed by atoms with Crippen LogP contribution in [0.2, 0.25) is 0 Å². The molecule has 0 aromatic carbocycles. The van der Waals surface area contributed by atoms with Gasteiger partial charge in [0.15, 0.2) is 17.2 Å². The second-order valence-corrected chi connectivity index (χ2v) is 11.4. The molecular weight excluding hydrogens is 469 g/mol. The van der Waals surface area contributed by atoms with E-state index in [1.165, 1.54) is 14.0 Å². The van der Waals surface area contributed by atoms with Crippen molar-refractivity contribution < 1.29 is 37.3 Å². The number of halogens is 3. The Labute approximate surface area is 203 Å². The number of hydrogen-bond acceptors (Lipinski definition) is 6. The van der Waals surface area contributed by atoms with Crippen LogP contribution in [0.4, 0.5) is 13.2 Å². The van der Waals surface area contributed by atoms with Crippen molar-refractivity contribution in [3.05, 3.63) is 11.4 Å². The van der Waals surface area contributed by atoms with Gasteiger partial charge in [0.1, 0.15) is 11.8 Å². The molecule has 0 heterocycles. The lowest BCUT2D eigenvalue weighted by atomic mass is 9.43. The third-order valence-electron chi connectivity index (χ3n) is 9.70. The van der Waals surface area contributed by atoms with E-state index in [4.69, 9.17) is 21.7 Å². The van der Waals surface area contributed by atoms with Gasteiger partial charge in [0.2, 0.25) is 5.05 Å². The van der Waals surface area contributed by atoms with E-state index in [1.54, 1.807) is 13.8 Å². The molecule has 9 atom stereocenters. The van der Waals surface area contributed by atoms with Crippen LogP contribution in [-0.4, -0.2) is 52.6 Å². The smallest absolute Gasteiger partial charge is 0.306 e. The summed E-state index contributed by atoms with van der Waals surface area (Å²) in [5, 5.41) is 11.5. The minimum absolute atomic E-state index is 0.0408. The van der Waals surface area contributed by atoms with Crippen LogP contribution >= 0.6 is 12.2 Å². The number of ether oxygens (including phenoxy) is 2. The van der Waals surface area contributed by atoms with E-state index in [1.807, 2.05) is 6.92 Å². The molecule has 0 saturated heterocycles. The van der Waals surface area contributed by atoms with Crippen LogP contribution in [0.15, 0.2) is 11.4 Å².